The van der Waals surface area contributed by atoms with Gasteiger partial charge in [0.25, 0.3) is 5.91 Å². The predicted molar refractivity (Wildman–Crippen MR) is 117 cm³/mol. The molecule has 0 atom stereocenters. The van der Waals surface area contributed by atoms with Gasteiger partial charge in [0.2, 0.25) is 0 Å². The van der Waals surface area contributed by atoms with Crippen molar-refractivity contribution in [1.29, 1.82) is 0 Å². The smallest absolute Gasteiger partial charge is 0.251 e. The summed E-state index contributed by atoms with van der Waals surface area (Å²) in [6.07, 6.45) is 2.94. The number of hydrogen-bond donors (Lipinski definition) is 1. The molecule has 156 valence electrons. The van der Waals surface area contributed by atoms with Crippen molar-refractivity contribution < 1.29 is 13.2 Å². The Kier molecular flexibility index (Phi) is 7.22. The SMILES string of the molecule is CS(=O)(=O)Cc1ccc(C(=O)NC2CCN(Cc3ccc(Cl)c(Cl)c3)CC2)cc1. The van der Waals surface area contributed by atoms with Crippen molar-refractivity contribution in [1.82, 2.24) is 10.2 Å². The molecule has 3 rings (SSSR count). The highest BCUT2D eigenvalue weighted by Gasteiger charge is 2.21. The van der Waals surface area contributed by atoms with E-state index in [9.17, 15) is 13.2 Å². The Hall–Kier alpha value is -1.60. The van der Waals surface area contributed by atoms with E-state index >= 15 is 0 Å². The largest absolute Gasteiger partial charge is 0.349 e. The van der Waals surface area contributed by atoms with Crippen molar-refractivity contribution in [3.05, 3.63) is 69.2 Å². The molecule has 1 fully saturated rings. The quantitative estimate of drug-likeness (QED) is 0.717. The van der Waals surface area contributed by atoms with Crippen molar-refractivity contribution in [2.24, 2.45) is 0 Å². The summed E-state index contributed by atoms with van der Waals surface area (Å²) >= 11 is 12.0. The second-order valence-electron chi connectivity index (χ2n) is 7.54. The maximum Gasteiger partial charge on any atom is 0.251 e. The molecule has 8 heteroatoms. The van der Waals surface area contributed by atoms with Crippen LogP contribution in [0.4, 0.5) is 0 Å². The van der Waals surface area contributed by atoms with E-state index in [0.29, 0.717) is 21.2 Å². The number of carbonyl (C=O) groups excluding carboxylic acids is 1. The number of piperidine rings is 1. The van der Waals surface area contributed by atoms with Crippen LogP contribution in [0.25, 0.3) is 0 Å². The first-order valence-corrected chi connectivity index (χ1v) is 12.2. The Bertz CT molecular complexity index is 970. The third-order valence-corrected chi connectivity index (χ3v) is 6.55. The van der Waals surface area contributed by atoms with E-state index in [-0.39, 0.29) is 17.7 Å². The standard InChI is InChI=1S/C21H24Cl2N2O3S/c1-29(27,28)14-15-2-5-17(6-3-15)21(26)24-18-8-10-25(11-9-18)13-16-4-7-19(22)20(23)12-16/h2-7,12,18H,8-11,13-14H2,1H3,(H,24,26). The van der Waals surface area contributed by atoms with Gasteiger partial charge in [-0.05, 0) is 48.2 Å². The topological polar surface area (TPSA) is 66.5 Å². The minimum Gasteiger partial charge on any atom is -0.349 e. The lowest BCUT2D eigenvalue weighted by molar-refractivity contribution is 0.0909. The highest BCUT2D eigenvalue weighted by Crippen LogP contribution is 2.24. The summed E-state index contributed by atoms with van der Waals surface area (Å²) in [5, 5.41) is 4.20. The van der Waals surface area contributed by atoms with Crippen LogP contribution in [0.5, 0.6) is 0 Å². The summed E-state index contributed by atoms with van der Waals surface area (Å²) in [5.74, 6) is -0.148. The monoisotopic (exact) mass is 454 g/mol. The van der Waals surface area contributed by atoms with Crippen LogP contribution in [0, 0.1) is 0 Å². The molecule has 0 radical (unpaired) electrons. The fourth-order valence-electron chi connectivity index (χ4n) is 3.46. The van der Waals surface area contributed by atoms with Gasteiger partial charge >= 0.3 is 0 Å². The number of halogens is 2. The molecule has 29 heavy (non-hydrogen) atoms. The van der Waals surface area contributed by atoms with Crippen LogP contribution in [0.1, 0.15) is 34.3 Å². The number of amides is 1. The normalized spacial score (nSPS) is 16.0. The summed E-state index contributed by atoms with van der Waals surface area (Å²) in [4.78, 5) is 14.8. The Morgan fingerprint density at radius 1 is 1.03 bits per heavy atom. The van der Waals surface area contributed by atoms with Crippen LogP contribution in [0.3, 0.4) is 0 Å². The van der Waals surface area contributed by atoms with Gasteiger partial charge in [0.15, 0.2) is 9.84 Å². The van der Waals surface area contributed by atoms with Gasteiger partial charge in [0.1, 0.15) is 0 Å². The molecule has 1 aliphatic rings. The Labute approximate surface area is 181 Å². The van der Waals surface area contributed by atoms with Crippen molar-refractivity contribution in [3.8, 4) is 0 Å². The molecule has 1 heterocycles. The van der Waals surface area contributed by atoms with E-state index in [1.54, 1.807) is 24.3 Å². The maximum absolute atomic E-state index is 12.5. The Balaban J connectivity index is 1.48. The first-order valence-electron chi connectivity index (χ1n) is 9.43. The fourth-order valence-corrected chi connectivity index (χ4v) is 4.57. The molecule has 0 aliphatic carbocycles. The number of benzene rings is 2. The number of hydrogen-bond acceptors (Lipinski definition) is 4. The van der Waals surface area contributed by atoms with Crippen LogP contribution in [0.2, 0.25) is 10.0 Å². The minimum absolute atomic E-state index is 0.0216. The lowest BCUT2D eigenvalue weighted by atomic mass is 10.0. The third kappa shape index (κ3) is 6.71. The van der Waals surface area contributed by atoms with E-state index in [0.717, 1.165) is 38.0 Å². The van der Waals surface area contributed by atoms with Gasteiger partial charge in [-0.1, -0.05) is 41.4 Å². The van der Waals surface area contributed by atoms with Gasteiger partial charge in [0.05, 0.1) is 15.8 Å². The zero-order valence-electron chi connectivity index (χ0n) is 16.2. The molecule has 0 spiro atoms. The molecule has 2 aromatic rings. The molecule has 1 saturated heterocycles. The second-order valence-corrected chi connectivity index (χ2v) is 10.5. The van der Waals surface area contributed by atoms with Crippen molar-refractivity contribution in [2.45, 2.75) is 31.2 Å². The third-order valence-electron chi connectivity index (χ3n) is 4.96. The lowest BCUT2D eigenvalue weighted by Crippen LogP contribution is -2.44. The fraction of sp³-hybridized carbons (Fsp3) is 0.381. The molecule has 0 saturated carbocycles. The molecular formula is C21H24Cl2N2O3S. The number of likely N-dealkylation sites (tertiary alicyclic amines) is 1. The van der Waals surface area contributed by atoms with Gasteiger partial charge < -0.3 is 5.32 Å². The zero-order chi connectivity index (χ0) is 21.0. The van der Waals surface area contributed by atoms with Gasteiger partial charge in [-0.15, -0.1) is 0 Å². The van der Waals surface area contributed by atoms with Gasteiger partial charge in [0, 0.05) is 37.5 Å². The molecule has 2 aromatic carbocycles. The molecule has 5 nitrogen and oxygen atoms in total. The molecular weight excluding hydrogens is 431 g/mol. The highest BCUT2D eigenvalue weighted by atomic mass is 35.5. The number of carbonyl (C=O) groups is 1. The molecule has 0 unspecified atom stereocenters. The van der Waals surface area contributed by atoms with E-state index < -0.39 is 9.84 Å². The summed E-state index contributed by atoms with van der Waals surface area (Å²) < 4.78 is 22.7. The van der Waals surface area contributed by atoms with E-state index in [2.05, 4.69) is 10.2 Å². The van der Waals surface area contributed by atoms with Crippen LogP contribution >= 0.6 is 23.2 Å². The summed E-state index contributed by atoms with van der Waals surface area (Å²) in [7, 11) is -3.08. The average Bonchev–Trinajstić information content (AvgIpc) is 2.65. The first kappa shape index (κ1) is 22.1. The number of sulfone groups is 1. The number of nitrogens with one attached hydrogen (secondary N) is 1. The molecule has 1 amide bonds. The first-order chi connectivity index (χ1) is 13.7. The van der Waals surface area contributed by atoms with Crippen LogP contribution in [-0.4, -0.2) is 44.6 Å². The average molecular weight is 455 g/mol. The predicted octanol–water partition coefficient (Wildman–Crippen LogP) is 3.93. The van der Waals surface area contributed by atoms with E-state index in [1.165, 1.54) is 6.26 Å². The van der Waals surface area contributed by atoms with Crippen LogP contribution < -0.4 is 5.32 Å². The molecule has 0 aromatic heterocycles. The van der Waals surface area contributed by atoms with Crippen molar-refractivity contribution in [2.75, 3.05) is 19.3 Å². The number of rotatable bonds is 6. The maximum atomic E-state index is 12.5. The Morgan fingerprint density at radius 2 is 1.66 bits per heavy atom. The van der Waals surface area contributed by atoms with E-state index in [1.807, 2.05) is 18.2 Å². The van der Waals surface area contributed by atoms with Gasteiger partial charge in [-0.25, -0.2) is 8.42 Å². The molecule has 0 bridgehead atoms. The number of nitrogens with zero attached hydrogens (tertiary/aromatic N) is 1. The second kappa shape index (κ2) is 9.47. The van der Waals surface area contributed by atoms with Crippen molar-refractivity contribution >= 4 is 38.9 Å². The van der Waals surface area contributed by atoms with Crippen LogP contribution in [0.15, 0.2) is 42.5 Å². The summed E-state index contributed by atoms with van der Waals surface area (Å²) in [6.45, 7) is 2.58. The molecule has 1 aliphatic heterocycles. The van der Waals surface area contributed by atoms with Crippen molar-refractivity contribution in [3.63, 3.8) is 0 Å². The van der Waals surface area contributed by atoms with Gasteiger partial charge in [-0.2, -0.15) is 0 Å². The van der Waals surface area contributed by atoms with Gasteiger partial charge in [-0.3, -0.25) is 9.69 Å². The van der Waals surface area contributed by atoms with E-state index in [4.69, 9.17) is 23.2 Å². The minimum atomic E-state index is -3.08. The summed E-state index contributed by atoms with van der Waals surface area (Å²) in [6, 6.07) is 12.5. The zero-order valence-corrected chi connectivity index (χ0v) is 18.5. The molecule has 1 N–H and O–H groups in total. The highest BCUT2D eigenvalue weighted by molar-refractivity contribution is 7.89. The summed E-state index contributed by atoms with van der Waals surface area (Å²) in [5.41, 5.74) is 2.34. The lowest BCUT2D eigenvalue weighted by Gasteiger charge is -2.32. The van der Waals surface area contributed by atoms with Crippen LogP contribution in [-0.2, 0) is 22.1 Å². The Morgan fingerprint density at radius 3 is 2.24 bits per heavy atom.